The van der Waals surface area contributed by atoms with Crippen molar-refractivity contribution in [2.24, 2.45) is 5.92 Å². The molecule has 0 aliphatic carbocycles. The minimum atomic E-state index is -0.331. The maximum Gasteiger partial charge on any atom is 0.359 e. The predicted molar refractivity (Wildman–Crippen MR) is 100 cm³/mol. The molecule has 2 aromatic heterocycles. The molecule has 3 fully saturated rings. The van der Waals surface area contributed by atoms with Crippen LogP contribution in [0.25, 0.3) is 21.5 Å². The Kier molecular flexibility index (Phi) is 3.79. The van der Waals surface area contributed by atoms with E-state index in [1.54, 1.807) is 11.3 Å². The topological polar surface area (TPSA) is 71.1 Å². The number of hydrogen-bond donors (Lipinski definition) is 1. The first-order chi connectivity index (χ1) is 12.7. The fraction of sp³-hybridized carbons (Fsp3) is 0.421. The molecule has 26 heavy (non-hydrogen) atoms. The van der Waals surface area contributed by atoms with E-state index in [0.29, 0.717) is 11.6 Å². The van der Waals surface area contributed by atoms with Crippen LogP contribution < -0.4 is 0 Å². The summed E-state index contributed by atoms with van der Waals surface area (Å²) in [7, 11) is 0. The van der Waals surface area contributed by atoms with Crippen LogP contribution in [-0.2, 0) is 4.74 Å². The number of fused-ring (bicyclic) bond motifs is 4. The number of aryl methyl sites for hydroxylation is 1. The molecule has 3 aliphatic rings. The highest BCUT2D eigenvalue weighted by atomic mass is 32.1. The minimum absolute atomic E-state index is 0.0125. The number of benzene rings is 1. The Morgan fingerprint density at radius 1 is 1.35 bits per heavy atom. The average molecular weight is 368 g/mol. The lowest BCUT2D eigenvalue weighted by atomic mass is 9.86. The third kappa shape index (κ3) is 2.71. The number of nitrogens with one attached hydrogen (secondary N) is 1. The van der Waals surface area contributed by atoms with Gasteiger partial charge < -0.3 is 4.74 Å². The third-order valence-electron chi connectivity index (χ3n) is 5.48. The van der Waals surface area contributed by atoms with Crippen LogP contribution in [0.1, 0.15) is 28.2 Å². The average Bonchev–Trinajstić information content (AvgIpc) is 3.28. The van der Waals surface area contributed by atoms with Gasteiger partial charge in [-0.1, -0.05) is 0 Å². The lowest BCUT2D eigenvalue weighted by molar-refractivity contribution is -0.0458. The van der Waals surface area contributed by atoms with E-state index in [4.69, 9.17) is 4.74 Å². The van der Waals surface area contributed by atoms with Gasteiger partial charge in [-0.05, 0) is 57.0 Å². The number of H-pyrrole nitrogens is 1. The number of carbonyl (C=O) groups excluding carboxylic acids is 1. The van der Waals surface area contributed by atoms with Gasteiger partial charge in [0.15, 0.2) is 5.69 Å². The summed E-state index contributed by atoms with van der Waals surface area (Å²) < 4.78 is 5.85. The molecule has 3 saturated heterocycles. The summed E-state index contributed by atoms with van der Waals surface area (Å²) in [6.45, 7) is 5.14. The standard InChI is InChI=1S/C19H20N4O2S/c1-11-9-20-18(26-11)13-2-3-15-14(8-13)17(22-21-15)19(24)25-16-10-23-6-4-12(16)5-7-23/h2-3,8-9,12,16H,4-7,10H2,1H3,(H,21,22). The van der Waals surface area contributed by atoms with Gasteiger partial charge in [-0.15, -0.1) is 11.3 Å². The summed E-state index contributed by atoms with van der Waals surface area (Å²) in [4.78, 5) is 20.8. The smallest absolute Gasteiger partial charge is 0.359 e. The summed E-state index contributed by atoms with van der Waals surface area (Å²) in [5.74, 6) is 0.158. The fourth-order valence-corrected chi connectivity index (χ4v) is 4.79. The van der Waals surface area contributed by atoms with Crippen LogP contribution in [0.5, 0.6) is 0 Å². The molecule has 6 rings (SSSR count). The number of aromatic amines is 1. The van der Waals surface area contributed by atoms with Crippen LogP contribution in [0.3, 0.4) is 0 Å². The van der Waals surface area contributed by atoms with Gasteiger partial charge in [-0.3, -0.25) is 10.00 Å². The van der Waals surface area contributed by atoms with E-state index in [9.17, 15) is 4.79 Å². The van der Waals surface area contributed by atoms with Crippen molar-refractivity contribution in [1.82, 2.24) is 20.1 Å². The molecule has 7 heteroatoms. The number of ether oxygens (including phenoxy) is 1. The van der Waals surface area contributed by atoms with Crippen molar-refractivity contribution < 1.29 is 9.53 Å². The van der Waals surface area contributed by atoms with Crippen molar-refractivity contribution in [3.8, 4) is 10.6 Å². The second-order valence-corrected chi connectivity index (χ2v) is 8.43. The highest BCUT2D eigenvalue weighted by molar-refractivity contribution is 7.14. The second-order valence-electron chi connectivity index (χ2n) is 7.19. The Bertz CT molecular complexity index is 971. The SMILES string of the molecule is Cc1cnc(-c2ccc3[nH]nc(C(=O)OC4CN5CCC4CC5)c3c2)s1. The number of rotatable bonds is 3. The van der Waals surface area contributed by atoms with Gasteiger partial charge in [-0.2, -0.15) is 5.10 Å². The van der Waals surface area contributed by atoms with Gasteiger partial charge in [-0.25, -0.2) is 9.78 Å². The van der Waals surface area contributed by atoms with Crippen LogP contribution >= 0.6 is 11.3 Å². The molecular weight excluding hydrogens is 348 g/mol. The molecule has 5 heterocycles. The molecule has 134 valence electrons. The van der Waals surface area contributed by atoms with Crippen LogP contribution in [0, 0.1) is 12.8 Å². The quantitative estimate of drug-likeness (QED) is 0.719. The first-order valence-electron chi connectivity index (χ1n) is 9.01. The van der Waals surface area contributed by atoms with E-state index >= 15 is 0 Å². The Labute approximate surface area is 155 Å². The van der Waals surface area contributed by atoms with Gasteiger partial charge in [0.25, 0.3) is 0 Å². The molecule has 0 amide bonds. The molecule has 3 aliphatic heterocycles. The van der Waals surface area contributed by atoms with E-state index in [1.165, 1.54) is 0 Å². The number of thiazole rings is 1. The molecule has 3 aromatic rings. The number of hydrogen-bond acceptors (Lipinski definition) is 6. The molecular formula is C19H20N4O2S. The zero-order chi connectivity index (χ0) is 17.7. The molecule has 0 saturated carbocycles. The number of piperidine rings is 3. The van der Waals surface area contributed by atoms with Crippen LogP contribution in [0.15, 0.2) is 24.4 Å². The van der Waals surface area contributed by atoms with E-state index in [1.807, 2.05) is 31.3 Å². The van der Waals surface area contributed by atoms with Crippen molar-refractivity contribution in [2.75, 3.05) is 19.6 Å². The van der Waals surface area contributed by atoms with Crippen molar-refractivity contribution in [3.05, 3.63) is 35.0 Å². The summed E-state index contributed by atoms with van der Waals surface area (Å²) >= 11 is 1.64. The Morgan fingerprint density at radius 2 is 2.19 bits per heavy atom. The number of aromatic nitrogens is 3. The van der Waals surface area contributed by atoms with Crippen molar-refractivity contribution in [3.63, 3.8) is 0 Å². The van der Waals surface area contributed by atoms with E-state index in [2.05, 4.69) is 20.1 Å². The zero-order valence-corrected chi connectivity index (χ0v) is 15.4. The highest BCUT2D eigenvalue weighted by Gasteiger charge is 2.37. The lowest BCUT2D eigenvalue weighted by Crippen LogP contribution is -2.51. The van der Waals surface area contributed by atoms with Crippen molar-refractivity contribution >= 4 is 28.2 Å². The summed E-state index contributed by atoms with van der Waals surface area (Å²) in [6, 6.07) is 5.92. The van der Waals surface area contributed by atoms with E-state index in [-0.39, 0.29) is 12.1 Å². The molecule has 1 aromatic carbocycles. The second kappa shape index (κ2) is 6.17. The van der Waals surface area contributed by atoms with Gasteiger partial charge in [0, 0.05) is 28.6 Å². The van der Waals surface area contributed by atoms with Crippen molar-refractivity contribution in [1.29, 1.82) is 0 Å². The van der Waals surface area contributed by atoms with Crippen LogP contribution in [-0.4, -0.2) is 51.8 Å². The Balaban J connectivity index is 1.43. The third-order valence-corrected chi connectivity index (χ3v) is 6.44. The van der Waals surface area contributed by atoms with Gasteiger partial charge in [0.2, 0.25) is 0 Å². The maximum absolute atomic E-state index is 12.8. The molecule has 0 radical (unpaired) electrons. The summed E-state index contributed by atoms with van der Waals surface area (Å²) in [6.07, 6.45) is 4.09. The fourth-order valence-electron chi connectivity index (χ4n) is 4.03. The number of nitrogens with zero attached hydrogens (tertiary/aromatic N) is 3. The Morgan fingerprint density at radius 3 is 2.88 bits per heavy atom. The van der Waals surface area contributed by atoms with Crippen LogP contribution in [0.4, 0.5) is 0 Å². The van der Waals surface area contributed by atoms with Crippen molar-refractivity contribution in [2.45, 2.75) is 25.9 Å². The number of esters is 1. The molecule has 6 nitrogen and oxygen atoms in total. The minimum Gasteiger partial charge on any atom is -0.456 e. The monoisotopic (exact) mass is 368 g/mol. The summed E-state index contributed by atoms with van der Waals surface area (Å²) in [5.41, 5.74) is 2.20. The number of carbonyl (C=O) groups is 1. The van der Waals surface area contributed by atoms with Gasteiger partial charge in [0.1, 0.15) is 11.1 Å². The van der Waals surface area contributed by atoms with E-state index < -0.39 is 0 Å². The normalized spacial score (nSPS) is 24.9. The first-order valence-corrected chi connectivity index (χ1v) is 9.83. The zero-order valence-electron chi connectivity index (χ0n) is 14.6. The lowest BCUT2D eigenvalue weighted by Gasteiger charge is -2.43. The highest BCUT2D eigenvalue weighted by Crippen LogP contribution is 2.32. The predicted octanol–water partition coefficient (Wildman–Crippen LogP) is 3.25. The molecule has 2 bridgehead atoms. The van der Waals surface area contributed by atoms with Gasteiger partial charge >= 0.3 is 5.97 Å². The first kappa shape index (κ1) is 16.0. The largest absolute Gasteiger partial charge is 0.456 e. The van der Waals surface area contributed by atoms with Crippen LogP contribution in [0.2, 0.25) is 0 Å². The van der Waals surface area contributed by atoms with E-state index in [0.717, 1.165) is 58.8 Å². The Hall–Kier alpha value is -2.25. The van der Waals surface area contributed by atoms with Gasteiger partial charge in [0.05, 0.1) is 5.52 Å². The molecule has 1 unspecified atom stereocenters. The summed E-state index contributed by atoms with van der Waals surface area (Å²) in [5, 5.41) is 8.92. The molecule has 1 N–H and O–H groups in total. The maximum atomic E-state index is 12.8. The molecule has 1 atom stereocenters. The molecule has 0 spiro atoms.